The van der Waals surface area contributed by atoms with Gasteiger partial charge in [-0.2, -0.15) is 0 Å². The van der Waals surface area contributed by atoms with Crippen molar-refractivity contribution in [2.24, 2.45) is 0 Å². The SMILES string of the molecule is COc1cc(Cl)c(C(Br)c2cc(C)c(C)s2)cc1Cl. The monoisotopic (exact) mass is 378 g/mol. The van der Waals surface area contributed by atoms with Crippen LogP contribution in [0.4, 0.5) is 0 Å². The summed E-state index contributed by atoms with van der Waals surface area (Å²) < 4.78 is 5.16. The standard InChI is InChI=1S/C14H13BrCl2OS/c1-7-4-13(19-8(7)2)14(15)9-5-11(17)12(18-3)6-10(9)16/h4-6,14H,1-3H3. The van der Waals surface area contributed by atoms with E-state index >= 15 is 0 Å². The predicted octanol–water partition coefficient (Wildman–Crippen LogP) is 6.16. The summed E-state index contributed by atoms with van der Waals surface area (Å²) in [7, 11) is 1.58. The van der Waals surface area contributed by atoms with E-state index < -0.39 is 0 Å². The lowest BCUT2D eigenvalue weighted by molar-refractivity contribution is 0.415. The van der Waals surface area contributed by atoms with Crippen molar-refractivity contribution in [2.75, 3.05) is 7.11 Å². The smallest absolute Gasteiger partial charge is 0.138 e. The minimum Gasteiger partial charge on any atom is -0.495 e. The summed E-state index contributed by atoms with van der Waals surface area (Å²) in [5.41, 5.74) is 2.24. The van der Waals surface area contributed by atoms with E-state index in [0.29, 0.717) is 15.8 Å². The van der Waals surface area contributed by atoms with Crippen molar-refractivity contribution >= 4 is 50.5 Å². The maximum atomic E-state index is 6.31. The lowest BCUT2D eigenvalue weighted by Crippen LogP contribution is -1.93. The molecule has 1 atom stereocenters. The summed E-state index contributed by atoms with van der Waals surface area (Å²) >= 11 is 17.9. The zero-order valence-electron chi connectivity index (χ0n) is 10.8. The topological polar surface area (TPSA) is 9.23 Å². The first-order valence-electron chi connectivity index (χ1n) is 5.68. The maximum Gasteiger partial charge on any atom is 0.138 e. The van der Waals surface area contributed by atoms with E-state index in [2.05, 4.69) is 35.8 Å². The highest BCUT2D eigenvalue weighted by Crippen LogP contribution is 2.42. The fourth-order valence-electron chi connectivity index (χ4n) is 1.77. The first-order valence-corrected chi connectivity index (χ1v) is 8.16. The normalized spacial score (nSPS) is 12.5. The van der Waals surface area contributed by atoms with Crippen molar-refractivity contribution in [3.05, 3.63) is 49.1 Å². The van der Waals surface area contributed by atoms with Gasteiger partial charge in [-0.05, 0) is 37.1 Å². The molecule has 0 radical (unpaired) electrons. The minimum absolute atomic E-state index is 0.0424. The molecule has 2 aromatic rings. The summed E-state index contributed by atoms with van der Waals surface area (Å²) in [5.74, 6) is 0.591. The molecular weight excluding hydrogens is 367 g/mol. The first-order chi connectivity index (χ1) is 8.93. The largest absolute Gasteiger partial charge is 0.495 e. The van der Waals surface area contributed by atoms with Crippen LogP contribution in [0.1, 0.15) is 25.7 Å². The van der Waals surface area contributed by atoms with Gasteiger partial charge in [0.05, 0.1) is 17.0 Å². The van der Waals surface area contributed by atoms with Gasteiger partial charge >= 0.3 is 0 Å². The molecular formula is C14H13BrCl2OS. The van der Waals surface area contributed by atoms with E-state index in [0.717, 1.165) is 5.56 Å². The Morgan fingerprint density at radius 2 is 1.84 bits per heavy atom. The average molecular weight is 380 g/mol. The summed E-state index contributed by atoms with van der Waals surface area (Å²) in [5, 5.41) is 1.21. The molecule has 5 heteroatoms. The van der Waals surface area contributed by atoms with Gasteiger partial charge in [0.2, 0.25) is 0 Å². The molecule has 1 unspecified atom stereocenters. The third kappa shape index (κ3) is 3.10. The van der Waals surface area contributed by atoms with Gasteiger partial charge in [-0.25, -0.2) is 0 Å². The van der Waals surface area contributed by atoms with Gasteiger partial charge in [0, 0.05) is 20.8 Å². The number of hydrogen-bond donors (Lipinski definition) is 0. The molecule has 0 aliphatic carbocycles. The Hall–Kier alpha value is -0.220. The second-order valence-corrected chi connectivity index (χ2v) is 7.28. The number of aryl methyl sites for hydroxylation is 2. The molecule has 0 N–H and O–H groups in total. The summed E-state index contributed by atoms with van der Waals surface area (Å²) in [6.07, 6.45) is 0. The molecule has 0 aliphatic heterocycles. The maximum absolute atomic E-state index is 6.31. The van der Waals surface area contributed by atoms with E-state index in [4.69, 9.17) is 27.9 Å². The van der Waals surface area contributed by atoms with E-state index in [1.807, 2.05) is 6.07 Å². The van der Waals surface area contributed by atoms with Gasteiger partial charge in [0.15, 0.2) is 0 Å². The Morgan fingerprint density at radius 1 is 1.16 bits per heavy atom. The van der Waals surface area contributed by atoms with Crippen molar-refractivity contribution in [3.8, 4) is 5.75 Å². The number of methoxy groups -OCH3 is 1. The zero-order chi connectivity index (χ0) is 14.2. The predicted molar refractivity (Wildman–Crippen MR) is 87.6 cm³/mol. The lowest BCUT2D eigenvalue weighted by atomic mass is 10.1. The molecule has 0 amide bonds. The summed E-state index contributed by atoms with van der Waals surface area (Å²) in [6, 6.07) is 5.78. The number of ether oxygens (including phenoxy) is 1. The molecule has 0 spiro atoms. The third-order valence-electron chi connectivity index (χ3n) is 2.98. The first kappa shape index (κ1) is 15.2. The number of benzene rings is 1. The molecule has 0 fully saturated rings. The molecule has 19 heavy (non-hydrogen) atoms. The van der Waals surface area contributed by atoms with Gasteiger partial charge in [-0.15, -0.1) is 11.3 Å². The number of thiophene rings is 1. The van der Waals surface area contributed by atoms with Crippen molar-refractivity contribution in [1.82, 2.24) is 0 Å². The fraction of sp³-hybridized carbons (Fsp3) is 0.286. The molecule has 0 saturated carbocycles. The Kier molecular flexibility index (Phi) is 4.83. The molecule has 2 rings (SSSR count). The molecule has 1 nitrogen and oxygen atoms in total. The molecule has 102 valence electrons. The van der Waals surface area contributed by atoms with Crippen molar-refractivity contribution in [3.63, 3.8) is 0 Å². The van der Waals surface area contributed by atoms with Gasteiger partial charge in [-0.3, -0.25) is 0 Å². The van der Waals surface area contributed by atoms with Crippen LogP contribution < -0.4 is 4.74 Å². The average Bonchev–Trinajstić information content (AvgIpc) is 2.71. The van der Waals surface area contributed by atoms with Crippen LogP contribution in [-0.4, -0.2) is 7.11 Å². The second kappa shape index (κ2) is 6.04. The van der Waals surface area contributed by atoms with Crippen LogP contribution >= 0.6 is 50.5 Å². The highest BCUT2D eigenvalue weighted by atomic mass is 79.9. The van der Waals surface area contributed by atoms with Crippen LogP contribution in [0.5, 0.6) is 5.75 Å². The molecule has 1 aromatic heterocycles. The van der Waals surface area contributed by atoms with Gasteiger partial charge in [-0.1, -0.05) is 39.1 Å². The van der Waals surface area contributed by atoms with Gasteiger partial charge in [0.25, 0.3) is 0 Å². The highest BCUT2D eigenvalue weighted by molar-refractivity contribution is 9.09. The molecule has 0 bridgehead atoms. The van der Waals surface area contributed by atoms with Gasteiger partial charge in [0.1, 0.15) is 5.75 Å². The molecule has 1 aromatic carbocycles. The van der Waals surface area contributed by atoms with Crippen molar-refractivity contribution in [2.45, 2.75) is 18.7 Å². The molecule has 0 aliphatic rings. The Balaban J connectivity index is 2.44. The molecule has 0 saturated heterocycles. The van der Waals surface area contributed by atoms with Crippen molar-refractivity contribution < 1.29 is 4.74 Å². The Labute approximate surface area is 135 Å². The van der Waals surface area contributed by atoms with Crippen LogP contribution in [0, 0.1) is 13.8 Å². The fourth-order valence-corrected chi connectivity index (χ4v) is 4.25. The molecule has 1 heterocycles. The summed E-state index contributed by atoms with van der Waals surface area (Å²) in [6.45, 7) is 4.23. The van der Waals surface area contributed by atoms with Crippen LogP contribution in [0.25, 0.3) is 0 Å². The van der Waals surface area contributed by atoms with Crippen LogP contribution in [0.3, 0.4) is 0 Å². The third-order valence-corrected chi connectivity index (χ3v) is 6.11. The lowest BCUT2D eigenvalue weighted by Gasteiger charge is -2.13. The van der Waals surface area contributed by atoms with E-state index in [9.17, 15) is 0 Å². The Morgan fingerprint density at radius 3 is 2.37 bits per heavy atom. The highest BCUT2D eigenvalue weighted by Gasteiger charge is 2.19. The van der Waals surface area contributed by atoms with Crippen molar-refractivity contribution in [1.29, 1.82) is 0 Å². The Bertz CT molecular complexity index is 590. The minimum atomic E-state index is 0.0424. The van der Waals surface area contributed by atoms with Crippen LogP contribution in [-0.2, 0) is 0 Å². The van der Waals surface area contributed by atoms with Crippen LogP contribution in [0.15, 0.2) is 18.2 Å². The van der Waals surface area contributed by atoms with Crippen LogP contribution in [0.2, 0.25) is 10.0 Å². The van der Waals surface area contributed by atoms with E-state index in [1.54, 1.807) is 24.5 Å². The zero-order valence-corrected chi connectivity index (χ0v) is 14.7. The van der Waals surface area contributed by atoms with E-state index in [1.165, 1.54) is 15.3 Å². The summed E-state index contributed by atoms with van der Waals surface area (Å²) in [4.78, 5) is 2.58. The van der Waals surface area contributed by atoms with Gasteiger partial charge < -0.3 is 4.74 Å². The number of halogens is 3. The number of alkyl halides is 1. The quantitative estimate of drug-likeness (QED) is 0.579. The number of hydrogen-bond acceptors (Lipinski definition) is 2. The second-order valence-electron chi connectivity index (χ2n) is 4.26. The van der Waals surface area contributed by atoms with E-state index in [-0.39, 0.29) is 4.83 Å². The number of rotatable bonds is 3.